The standard InChI is InChI=1S/C11H15N5O2/c1-2-11-14-10(15-18-11)7-17-9-6-13-16-4-3-12-5-8(9)16/h6,12H,2-5,7H2,1H3. The van der Waals surface area contributed by atoms with Crippen LogP contribution in [0.25, 0.3) is 0 Å². The maximum atomic E-state index is 5.68. The summed E-state index contributed by atoms with van der Waals surface area (Å²) in [5.74, 6) is 1.98. The van der Waals surface area contributed by atoms with Crippen LogP contribution in [0.2, 0.25) is 0 Å². The van der Waals surface area contributed by atoms with Crippen LogP contribution < -0.4 is 10.1 Å². The Morgan fingerprint density at radius 3 is 3.33 bits per heavy atom. The zero-order chi connectivity index (χ0) is 12.4. The van der Waals surface area contributed by atoms with Crippen molar-refractivity contribution in [3.8, 4) is 5.75 Å². The van der Waals surface area contributed by atoms with Crippen LogP contribution in [0, 0.1) is 0 Å². The highest BCUT2D eigenvalue weighted by molar-refractivity contribution is 5.26. The zero-order valence-corrected chi connectivity index (χ0v) is 10.2. The number of nitrogens with one attached hydrogen (secondary N) is 1. The van der Waals surface area contributed by atoms with Gasteiger partial charge < -0.3 is 14.6 Å². The van der Waals surface area contributed by atoms with E-state index < -0.39 is 0 Å². The first kappa shape index (κ1) is 11.2. The van der Waals surface area contributed by atoms with Crippen molar-refractivity contribution in [3.63, 3.8) is 0 Å². The summed E-state index contributed by atoms with van der Waals surface area (Å²) in [6, 6.07) is 0. The molecule has 0 atom stereocenters. The van der Waals surface area contributed by atoms with Gasteiger partial charge in [-0.3, -0.25) is 4.68 Å². The molecule has 0 aromatic carbocycles. The molecule has 0 saturated heterocycles. The minimum atomic E-state index is 0.308. The Labute approximate surface area is 104 Å². The molecule has 0 spiro atoms. The van der Waals surface area contributed by atoms with Gasteiger partial charge in [-0.25, -0.2) is 0 Å². The number of ether oxygens (including phenoxy) is 1. The number of hydrogen-bond donors (Lipinski definition) is 1. The molecule has 1 aliphatic heterocycles. The molecule has 7 nitrogen and oxygen atoms in total. The first-order valence-corrected chi connectivity index (χ1v) is 6.06. The summed E-state index contributed by atoms with van der Waals surface area (Å²) in [4.78, 5) is 4.19. The van der Waals surface area contributed by atoms with Crippen molar-refractivity contribution in [2.45, 2.75) is 33.0 Å². The lowest BCUT2D eigenvalue weighted by Gasteiger charge is -2.15. The topological polar surface area (TPSA) is 78.0 Å². The molecule has 3 heterocycles. The van der Waals surface area contributed by atoms with Gasteiger partial charge >= 0.3 is 0 Å². The molecule has 0 bridgehead atoms. The highest BCUT2D eigenvalue weighted by atomic mass is 16.5. The Balaban J connectivity index is 1.67. The van der Waals surface area contributed by atoms with Crippen LogP contribution in [-0.4, -0.2) is 26.5 Å². The van der Waals surface area contributed by atoms with Gasteiger partial charge in [-0.05, 0) is 0 Å². The maximum absolute atomic E-state index is 5.68. The van der Waals surface area contributed by atoms with Crippen molar-refractivity contribution in [3.05, 3.63) is 23.6 Å². The van der Waals surface area contributed by atoms with Gasteiger partial charge in [0.2, 0.25) is 11.7 Å². The predicted octanol–water partition coefficient (Wildman–Crippen LogP) is 0.511. The third-order valence-electron chi connectivity index (χ3n) is 2.87. The SMILES string of the molecule is CCc1nc(COc2cnn3c2CNCC3)no1. The lowest BCUT2D eigenvalue weighted by atomic mass is 10.3. The molecule has 0 unspecified atom stereocenters. The van der Waals surface area contributed by atoms with Gasteiger partial charge in [0.05, 0.1) is 18.4 Å². The fourth-order valence-corrected chi connectivity index (χ4v) is 1.91. The van der Waals surface area contributed by atoms with Crippen LogP contribution in [0.15, 0.2) is 10.7 Å². The summed E-state index contributed by atoms with van der Waals surface area (Å²) in [5.41, 5.74) is 1.07. The smallest absolute Gasteiger partial charge is 0.226 e. The molecule has 2 aromatic heterocycles. The summed E-state index contributed by atoms with van der Waals surface area (Å²) in [6.07, 6.45) is 2.48. The predicted molar refractivity (Wildman–Crippen MR) is 61.9 cm³/mol. The fraction of sp³-hybridized carbons (Fsp3) is 0.545. The Morgan fingerprint density at radius 2 is 2.50 bits per heavy atom. The van der Waals surface area contributed by atoms with Gasteiger partial charge in [0.15, 0.2) is 12.4 Å². The molecule has 7 heteroatoms. The van der Waals surface area contributed by atoms with E-state index in [-0.39, 0.29) is 0 Å². The molecule has 1 aliphatic rings. The Bertz CT molecular complexity index is 533. The van der Waals surface area contributed by atoms with Gasteiger partial charge in [0.1, 0.15) is 0 Å². The third-order valence-corrected chi connectivity index (χ3v) is 2.87. The molecular weight excluding hydrogens is 234 g/mol. The second kappa shape index (κ2) is 4.77. The Morgan fingerprint density at radius 1 is 1.56 bits per heavy atom. The molecule has 2 aromatic rings. The number of hydrogen-bond acceptors (Lipinski definition) is 6. The van der Waals surface area contributed by atoms with E-state index in [4.69, 9.17) is 9.26 Å². The van der Waals surface area contributed by atoms with E-state index in [2.05, 4.69) is 20.6 Å². The van der Waals surface area contributed by atoms with Gasteiger partial charge in [-0.15, -0.1) is 0 Å². The molecule has 96 valence electrons. The van der Waals surface area contributed by atoms with Crippen molar-refractivity contribution in [1.29, 1.82) is 0 Å². The molecule has 18 heavy (non-hydrogen) atoms. The van der Waals surface area contributed by atoms with E-state index in [0.717, 1.165) is 37.5 Å². The summed E-state index contributed by atoms with van der Waals surface area (Å²) >= 11 is 0. The normalized spacial score (nSPS) is 14.5. The lowest BCUT2D eigenvalue weighted by molar-refractivity contribution is 0.279. The fourth-order valence-electron chi connectivity index (χ4n) is 1.91. The first-order valence-electron chi connectivity index (χ1n) is 6.06. The largest absolute Gasteiger partial charge is 0.482 e. The summed E-state index contributed by atoms with van der Waals surface area (Å²) < 4.78 is 12.7. The average molecular weight is 249 g/mol. The number of nitrogens with zero attached hydrogens (tertiary/aromatic N) is 4. The average Bonchev–Trinajstić information content (AvgIpc) is 3.03. The number of fused-ring (bicyclic) bond motifs is 1. The zero-order valence-electron chi connectivity index (χ0n) is 10.2. The summed E-state index contributed by atoms with van der Waals surface area (Å²) in [7, 11) is 0. The molecule has 0 radical (unpaired) electrons. The number of aryl methyl sites for hydroxylation is 1. The second-order valence-corrected chi connectivity index (χ2v) is 4.10. The van der Waals surface area contributed by atoms with Gasteiger partial charge in [-0.2, -0.15) is 10.1 Å². The molecular formula is C11H15N5O2. The minimum absolute atomic E-state index is 0.308. The Kier molecular flexibility index (Phi) is 2.97. The maximum Gasteiger partial charge on any atom is 0.226 e. The quantitative estimate of drug-likeness (QED) is 0.850. The summed E-state index contributed by atoms with van der Waals surface area (Å²) in [5, 5.41) is 11.4. The van der Waals surface area contributed by atoms with Gasteiger partial charge in [-0.1, -0.05) is 12.1 Å². The van der Waals surface area contributed by atoms with Crippen LogP contribution in [-0.2, 0) is 26.1 Å². The van der Waals surface area contributed by atoms with Crippen LogP contribution in [0.3, 0.4) is 0 Å². The van der Waals surface area contributed by atoms with E-state index in [1.165, 1.54) is 0 Å². The van der Waals surface area contributed by atoms with E-state index in [9.17, 15) is 0 Å². The van der Waals surface area contributed by atoms with Gasteiger partial charge in [0, 0.05) is 19.5 Å². The molecule has 0 saturated carbocycles. The van der Waals surface area contributed by atoms with Crippen molar-refractivity contribution in [1.82, 2.24) is 25.2 Å². The van der Waals surface area contributed by atoms with E-state index >= 15 is 0 Å². The minimum Gasteiger partial charge on any atom is -0.482 e. The molecule has 3 rings (SSSR count). The summed E-state index contributed by atoms with van der Waals surface area (Å²) in [6.45, 7) is 4.88. The monoisotopic (exact) mass is 249 g/mol. The molecule has 0 amide bonds. The second-order valence-electron chi connectivity index (χ2n) is 4.10. The van der Waals surface area contributed by atoms with Crippen molar-refractivity contribution in [2.24, 2.45) is 0 Å². The highest BCUT2D eigenvalue weighted by Crippen LogP contribution is 2.20. The molecule has 0 aliphatic carbocycles. The number of rotatable bonds is 4. The van der Waals surface area contributed by atoms with Crippen LogP contribution >= 0.6 is 0 Å². The van der Waals surface area contributed by atoms with Gasteiger partial charge in [0.25, 0.3) is 0 Å². The van der Waals surface area contributed by atoms with E-state index in [1.54, 1.807) is 6.20 Å². The van der Waals surface area contributed by atoms with Crippen molar-refractivity contribution in [2.75, 3.05) is 6.54 Å². The number of aromatic nitrogens is 4. The van der Waals surface area contributed by atoms with Crippen molar-refractivity contribution < 1.29 is 9.26 Å². The highest BCUT2D eigenvalue weighted by Gasteiger charge is 2.16. The van der Waals surface area contributed by atoms with Crippen LogP contribution in [0.5, 0.6) is 5.75 Å². The Hall–Kier alpha value is -1.89. The third kappa shape index (κ3) is 2.08. The van der Waals surface area contributed by atoms with Crippen molar-refractivity contribution >= 4 is 0 Å². The molecule has 0 fully saturated rings. The van der Waals surface area contributed by atoms with Crippen LogP contribution in [0.1, 0.15) is 24.3 Å². The van der Waals surface area contributed by atoms with E-state index in [1.807, 2.05) is 11.6 Å². The lowest BCUT2D eigenvalue weighted by Crippen LogP contribution is -2.28. The van der Waals surface area contributed by atoms with Crippen LogP contribution in [0.4, 0.5) is 0 Å². The molecule has 1 N–H and O–H groups in total. The first-order chi connectivity index (χ1) is 8.86. The van der Waals surface area contributed by atoms with E-state index in [0.29, 0.717) is 18.3 Å².